The first-order chi connectivity index (χ1) is 13.1. The van der Waals surface area contributed by atoms with Gasteiger partial charge in [-0.15, -0.1) is 0 Å². The van der Waals surface area contributed by atoms with Gasteiger partial charge in [-0.3, -0.25) is 4.79 Å². The maximum atomic E-state index is 11.8. The lowest BCUT2D eigenvalue weighted by molar-refractivity contribution is -0.144. The Balaban J connectivity index is 1.83. The number of aryl methyl sites for hydroxylation is 2. The predicted molar refractivity (Wildman–Crippen MR) is 109 cm³/mol. The van der Waals surface area contributed by atoms with Crippen molar-refractivity contribution < 1.29 is 9.53 Å². The number of ether oxygens (including phenoxy) is 1. The first kappa shape index (κ1) is 21.1. The van der Waals surface area contributed by atoms with Crippen LogP contribution < -0.4 is 0 Å². The first-order valence-electron chi connectivity index (χ1n) is 10.2. The highest BCUT2D eigenvalue weighted by molar-refractivity contribution is 5.69. The number of carbonyl (C=O) groups is 1. The summed E-state index contributed by atoms with van der Waals surface area (Å²) in [5.41, 5.74) is 3.31. The molecule has 0 spiro atoms. The predicted octanol–water partition coefficient (Wildman–Crippen LogP) is 5.40. The van der Waals surface area contributed by atoms with Crippen molar-refractivity contribution >= 4 is 5.97 Å². The zero-order valence-electron chi connectivity index (χ0n) is 16.9. The second-order valence-electron chi connectivity index (χ2n) is 7.27. The lowest BCUT2D eigenvalue weighted by Crippen LogP contribution is -2.11. The molecule has 2 aromatic rings. The highest BCUT2D eigenvalue weighted by Gasteiger charge is 2.07. The van der Waals surface area contributed by atoms with Gasteiger partial charge in [-0.05, 0) is 36.3 Å². The van der Waals surface area contributed by atoms with Gasteiger partial charge in [-0.1, -0.05) is 64.3 Å². The molecule has 146 valence electrons. The summed E-state index contributed by atoms with van der Waals surface area (Å²) in [5, 5.41) is 0. The number of esters is 1. The topological polar surface area (TPSA) is 52.1 Å². The summed E-state index contributed by atoms with van der Waals surface area (Å²) in [4.78, 5) is 20.8. The van der Waals surface area contributed by atoms with Gasteiger partial charge < -0.3 is 4.74 Å². The van der Waals surface area contributed by atoms with Crippen LogP contribution in [0.4, 0.5) is 0 Å². The molecule has 4 heteroatoms. The second kappa shape index (κ2) is 11.5. The van der Waals surface area contributed by atoms with E-state index in [-0.39, 0.29) is 5.97 Å². The van der Waals surface area contributed by atoms with Gasteiger partial charge in [0.05, 0.1) is 6.61 Å². The molecule has 1 heterocycles. The van der Waals surface area contributed by atoms with Gasteiger partial charge in [0.25, 0.3) is 0 Å². The number of benzene rings is 1. The van der Waals surface area contributed by atoms with Crippen LogP contribution in [0.15, 0.2) is 36.7 Å². The molecular weight excluding hydrogens is 336 g/mol. The minimum Gasteiger partial charge on any atom is -0.465 e. The number of hydrogen-bond donors (Lipinski definition) is 0. The molecule has 1 aromatic carbocycles. The SMILES string of the molecule is CCCCCc1cnc(-c2ccc(CCC(=O)OCC(C)CC)cc2)nc1. The highest BCUT2D eigenvalue weighted by Crippen LogP contribution is 2.17. The summed E-state index contributed by atoms with van der Waals surface area (Å²) in [6.07, 6.45) is 10.7. The van der Waals surface area contributed by atoms with Gasteiger partial charge >= 0.3 is 5.97 Å². The van der Waals surface area contributed by atoms with Crippen molar-refractivity contribution in [1.82, 2.24) is 9.97 Å². The molecule has 0 bridgehead atoms. The molecule has 0 amide bonds. The fourth-order valence-corrected chi connectivity index (χ4v) is 2.70. The molecular formula is C23H32N2O2. The van der Waals surface area contributed by atoms with Gasteiger partial charge in [0.15, 0.2) is 5.82 Å². The van der Waals surface area contributed by atoms with E-state index in [4.69, 9.17) is 4.74 Å². The van der Waals surface area contributed by atoms with Crippen LogP contribution in [0.2, 0.25) is 0 Å². The quantitative estimate of drug-likeness (QED) is 0.394. The summed E-state index contributed by atoms with van der Waals surface area (Å²) in [7, 11) is 0. The highest BCUT2D eigenvalue weighted by atomic mass is 16.5. The van der Waals surface area contributed by atoms with Crippen molar-refractivity contribution in [3.63, 3.8) is 0 Å². The van der Waals surface area contributed by atoms with E-state index in [1.165, 1.54) is 24.8 Å². The third-order valence-electron chi connectivity index (χ3n) is 4.83. The second-order valence-corrected chi connectivity index (χ2v) is 7.27. The van der Waals surface area contributed by atoms with Crippen molar-refractivity contribution in [2.45, 2.75) is 65.7 Å². The molecule has 27 heavy (non-hydrogen) atoms. The first-order valence-corrected chi connectivity index (χ1v) is 10.2. The third-order valence-corrected chi connectivity index (χ3v) is 4.83. The number of nitrogens with zero attached hydrogens (tertiary/aromatic N) is 2. The Labute approximate surface area is 163 Å². The van der Waals surface area contributed by atoms with Crippen molar-refractivity contribution in [1.29, 1.82) is 0 Å². The molecule has 4 nitrogen and oxygen atoms in total. The van der Waals surface area contributed by atoms with Gasteiger partial charge in [0.2, 0.25) is 0 Å². The Morgan fingerprint density at radius 3 is 2.33 bits per heavy atom. The molecule has 0 radical (unpaired) electrons. The fourth-order valence-electron chi connectivity index (χ4n) is 2.70. The zero-order chi connectivity index (χ0) is 19.5. The van der Waals surface area contributed by atoms with E-state index in [1.54, 1.807) is 0 Å². The monoisotopic (exact) mass is 368 g/mol. The average molecular weight is 369 g/mol. The molecule has 0 fully saturated rings. The van der Waals surface area contributed by atoms with E-state index in [2.05, 4.69) is 30.7 Å². The fraction of sp³-hybridized carbons (Fsp3) is 0.522. The molecule has 1 atom stereocenters. The van der Waals surface area contributed by atoms with Crippen LogP contribution in [-0.4, -0.2) is 22.5 Å². The summed E-state index contributed by atoms with van der Waals surface area (Å²) >= 11 is 0. The van der Waals surface area contributed by atoms with Crippen LogP contribution in [0.3, 0.4) is 0 Å². The van der Waals surface area contributed by atoms with Crippen LogP contribution in [-0.2, 0) is 22.4 Å². The van der Waals surface area contributed by atoms with Crippen LogP contribution >= 0.6 is 0 Å². The summed E-state index contributed by atoms with van der Waals surface area (Å²) in [6.45, 7) is 6.91. The average Bonchev–Trinajstić information content (AvgIpc) is 2.71. The molecule has 1 aromatic heterocycles. The lowest BCUT2D eigenvalue weighted by atomic mass is 10.1. The number of aromatic nitrogens is 2. The lowest BCUT2D eigenvalue weighted by Gasteiger charge is -2.09. The number of hydrogen-bond acceptors (Lipinski definition) is 4. The van der Waals surface area contributed by atoms with Gasteiger partial charge in [0, 0.05) is 24.4 Å². The van der Waals surface area contributed by atoms with Gasteiger partial charge in [-0.2, -0.15) is 0 Å². The van der Waals surface area contributed by atoms with Crippen molar-refractivity contribution in [3.8, 4) is 11.4 Å². The third kappa shape index (κ3) is 7.49. The molecule has 2 rings (SSSR count). The maximum absolute atomic E-state index is 11.8. The Kier molecular flexibility index (Phi) is 8.96. The molecule has 0 aliphatic heterocycles. The largest absolute Gasteiger partial charge is 0.465 e. The van der Waals surface area contributed by atoms with Crippen molar-refractivity contribution in [2.75, 3.05) is 6.61 Å². The Hall–Kier alpha value is -2.23. The Morgan fingerprint density at radius 1 is 1.00 bits per heavy atom. The van der Waals surface area contributed by atoms with Crippen LogP contribution in [0.5, 0.6) is 0 Å². The number of carbonyl (C=O) groups excluding carboxylic acids is 1. The van der Waals surface area contributed by atoms with E-state index >= 15 is 0 Å². The maximum Gasteiger partial charge on any atom is 0.306 e. The molecule has 0 N–H and O–H groups in total. The zero-order valence-corrected chi connectivity index (χ0v) is 16.9. The van der Waals surface area contributed by atoms with Gasteiger partial charge in [0.1, 0.15) is 0 Å². The van der Waals surface area contributed by atoms with Crippen LogP contribution in [0, 0.1) is 5.92 Å². The Morgan fingerprint density at radius 2 is 1.70 bits per heavy atom. The smallest absolute Gasteiger partial charge is 0.306 e. The van der Waals surface area contributed by atoms with Crippen molar-refractivity contribution in [3.05, 3.63) is 47.8 Å². The molecule has 0 aliphatic carbocycles. The number of rotatable bonds is 11. The van der Waals surface area contributed by atoms with E-state index in [9.17, 15) is 4.79 Å². The van der Waals surface area contributed by atoms with E-state index < -0.39 is 0 Å². The van der Waals surface area contributed by atoms with Crippen LogP contribution in [0.25, 0.3) is 11.4 Å². The number of unbranched alkanes of at least 4 members (excludes halogenated alkanes) is 2. The van der Waals surface area contributed by atoms with Crippen molar-refractivity contribution in [2.24, 2.45) is 5.92 Å². The van der Waals surface area contributed by atoms with E-state index in [0.29, 0.717) is 25.4 Å². The minimum atomic E-state index is -0.124. The standard InChI is InChI=1S/C23H32N2O2/c1-4-6-7-8-20-15-24-23(25-16-20)21-12-9-19(10-13-21)11-14-22(26)27-17-18(3)5-2/h9-10,12-13,15-16,18H,4-8,11,14,17H2,1-3H3. The van der Waals surface area contributed by atoms with E-state index in [0.717, 1.165) is 29.8 Å². The van der Waals surface area contributed by atoms with Crippen LogP contribution in [0.1, 0.15) is 64.0 Å². The molecule has 1 unspecified atom stereocenters. The molecule has 0 aliphatic rings. The minimum absolute atomic E-state index is 0.124. The Bertz CT molecular complexity index is 681. The molecule has 0 saturated heterocycles. The van der Waals surface area contributed by atoms with Gasteiger partial charge in [-0.25, -0.2) is 9.97 Å². The molecule has 0 saturated carbocycles. The summed E-state index contributed by atoms with van der Waals surface area (Å²) in [5.74, 6) is 1.04. The summed E-state index contributed by atoms with van der Waals surface area (Å²) < 4.78 is 5.30. The normalized spacial score (nSPS) is 12.0. The summed E-state index contributed by atoms with van der Waals surface area (Å²) in [6, 6.07) is 8.11. The van der Waals surface area contributed by atoms with E-state index in [1.807, 2.05) is 36.7 Å².